The molecule has 0 bridgehead atoms. The molecule has 0 fully saturated rings. The predicted molar refractivity (Wildman–Crippen MR) is 149 cm³/mol. The minimum Gasteiger partial charge on any atom is -0.468 e. The highest BCUT2D eigenvalue weighted by Gasteiger charge is 2.61. The lowest BCUT2D eigenvalue weighted by molar-refractivity contribution is -0.152. The summed E-state index contributed by atoms with van der Waals surface area (Å²) in [6, 6.07) is 21.6. The van der Waals surface area contributed by atoms with Crippen molar-refractivity contribution in [1.29, 1.82) is 0 Å². The van der Waals surface area contributed by atoms with E-state index in [0.717, 1.165) is 18.2 Å². The number of rotatable bonds is 5. The Kier molecular flexibility index (Phi) is 5.74. The number of aryl methyl sites for hydroxylation is 2. The van der Waals surface area contributed by atoms with Gasteiger partial charge >= 0.3 is 5.97 Å². The van der Waals surface area contributed by atoms with Crippen molar-refractivity contribution in [2.24, 2.45) is 0 Å². The van der Waals surface area contributed by atoms with Crippen molar-refractivity contribution in [3.63, 3.8) is 0 Å². The lowest BCUT2D eigenvalue weighted by Crippen LogP contribution is -2.62. The van der Waals surface area contributed by atoms with Crippen molar-refractivity contribution in [1.82, 2.24) is 4.31 Å². The number of ether oxygens (including phenoxy) is 1. The van der Waals surface area contributed by atoms with Crippen molar-refractivity contribution in [2.75, 3.05) is 7.11 Å². The molecule has 0 spiro atoms. The molecule has 0 aliphatic carbocycles. The minimum atomic E-state index is -4.79. The SMILES string of the molecule is [2H]C([2H])([2H])[C@]1(C(=O)OC)[C@H](S(=O)(=O)c2ccc(C)cc2)c2cc3ccccc3cc2CN1S(=O)(=O)c1ccc(C)cc1. The van der Waals surface area contributed by atoms with Gasteiger partial charge < -0.3 is 4.74 Å². The molecule has 0 amide bonds. The first-order chi connectivity index (χ1) is 19.7. The summed E-state index contributed by atoms with van der Waals surface area (Å²) in [5.74, 6) is -1.50. The molecule has 4 aromatic carbocycles. The highest BCUT2D eigenvalue weighted by atomic mass is 32.2. The second-order valence-corrected chi connectivity index (χ2v) is 13.6. The van der Waals surface area contributed by atoms with Crippen LogP contribution < -0.4 is 0 Å². The Balaban J connectivity index is 1.96. The number of hydrogen-bond acceptors (Lipinski definition) is 6. The van der Waals surface area contributed by atoms with E-state index in [1.165, 1.54) is 42.5 Å². The first-order valence-corrected chi connectivity index (χ1v) is 15.1. The molecule has 5 rings (SSSR count). The zero-order valence-corrected chi connectivity index (χ0v) is 23.2. The van der Waals surface area contributed by atoms with Crippen LogP contribution in [0.4, 0.5) is 0 Å². The normalized spacial score (nSPS) is 21.4. The molecule has 0 unspecified atom stereocenters. The van der Waals surface area contributed by atoms with Crippen LogP contribution in [-0.4, -0.2) is 39.8 Å². The van der Waals surface area contributed by atoms with Gasteiger partial charge in [0.25, 0.3) is 0 Å². The topological polar surface area (TPSA) is 97.8 Å². The summed E-state index contributed by atoms with van der Waals surface area (Å²) in [5, 5.41) is -0.893. The Hall–Kier alpha value is -3.53. The van der Waals surface area contributed by atoms with Crippen LogP contribution in [0.2, 0.25) is 0 Å². The first kappa shape index (κ1) is 23.4. The molecule has 1 aliphatic rings. The van der Waals surface area contributed by atoms with Gasteiger partial charge in [0, 0.05) is 10.7 Å². The fourth-order valence-corrected chi connectivity index (χ4v) is 8.74. The Bertz CT molecular complexity index is 1910. The molecule has 202 valence electrons. The van der Waals surface area contributed by atoms with Crippen molar-refractivity contribution >= 4 is 36.6 Å². The first-order valence-electron chi connectivity index (χ1n) is 13.7. The highest BCUT2D eigenvalue weighted by Crippen LogP contribution is 2.50. The van der Waals surface area contributed by atoms with Crippen LogP contribution in [0.25, 0.3) is 10.8 Å². The van der Waals surface area contributed by atoms with Gasteiger partial charge in [-0.3, -0.25) is 0 Å². The zero-order chi connectivity index (χ0) is 30.7. The van der Waals surface area contributed by atoms with Crippen LogP contribution in [-0.2, 0) is 35.9 Å². The highest BCUT2D eigenvalue weighted by molar-refractivity contribution is 7.92. The van der Waals surface area contributed by atoms with E-state index in [4.69, 9.17) is 8.85 Å². The van der Waals surface area contributed by atoms with Crippen molar-refractivity contribution in [3.05, 3.63) is 107 Å². The molecular weight excluding hydrogens is 534 g/mol. The van der Waals surface area contributed by atoms with Crippen LogP contribution in [0.15, 0.2) is 94.7 Å². The van der Waals surface area contributed by atoms with E-state index < -0.39 is 50.0 Å². The molecule has 39 heavy (non-hydrogen) atoms. The summed E-state index contributed by atoms with van der Waals surface area (Å²) in [5.41, 5.74) is -1.40. The Morgan fingerprint density at radius 3 is 1.95 bits per heavy atom. The van der Waals surface area contributed by atoms with E-state index in [1.54, 1.807) is 56.3 Å². The summed E-state index contributed by atoms with van der Waals surface area (Å²) in [6.07, 6.45) is 0. The Morgan fingerprint density at radius 1 is 0.872 bits per heavy atom. The van der Waals surface area contributed by atoms with E-state index >= 15 is 0 Å². The maximum absolute atomic E-state index is 14.7. The average Bonchev–Trinajstić information content (AvgIpc) is 2.94. The van der Waals surface area contributed by atoms with Gasteiger partial charge in [-0.2, -0.15) is 4.31 Å². The molecular formula is C30H29NO6S2. The third-order valence-corrected chi connectivity index (χ3v) is 11.2. The number of nitrogens with zero attached hydrogens (tertiary/aromatic N) is 1. The lowest BCUT2D eigenvalue weighted by Gasteiger charge is -2.46. The Labute approximate surface area is 233 Å². The number of fused-ring (bicyclic) bond motifs is 2. The fourth-order valence-electron chi connectivity index (χ4n) is 5.05. The van der Waals surface area contributed by atoms with Gasteiger partial charge in [0.05, 0.1) is 16.9 Å². The number of sulfonamides is 1. The number of methoxy groups -OCH3 is 1. The van der Waals surface area contributed by atoms with Crippen LogP contribution in [0, 0.1) is 13.8 Å². The third kappa shape index (κ3) is 4.34. The largest absolute Gasteiger partial charge is 0.468 e. The third-order valence-electron chi connectivity index (χ3n) is 7.14. The maximum atomic E-state index is 14.7. The number of carbonyl (C=O) groups excluding carboxylic acids is 1. The van der Waals surface area contributed by atoms with Gasteiger partial charge in [0.2, 0.25) is 10.0 Å². The predicted octanol–water partition coefficient (Wildman–Crippen LogP) is 5.11. The summed E-state index contributed by atoms with van der Waals surface area (Å²) in [6.45, 7) is -0.563. The van der Waals surface area contributed by atoms with E-state index in [0.29, 0.717) is 15.1 Å². The molecule has 4 aromatic rings. The van der Waals surface area contributed by atoms with Crippen LogP contribution >= 0.6 is 0 Å². The number of carbonyl (C=O) groups is 1. The van der Waals surface area contributed by atoms with Crippen molar-refractivity contribution in [2.45, 2.75) is 47.8 Å². The average molecular weight is 567 g/mol. The Morgan fingerprint density at radius 2 is 1.41 bits per heavy atom. The van der Waals surface area contributed by atoms with Gasteiger partial charge in [-0.25, -0.2) is 21.6 Å². The number of esters is 1. The lowest BCUT2D eigenvalue weighted by atomic mass is 9.84. The molecule has 2 atom stereocenters. The summed E-state index contributed by atoms with van der Waals surface area (Å²) in [4.78, 5) is 13.4. The summed E-state index contributed by atoms with van der Waals surface area (Å²) >= 11 is 0. The number of benzene rings is 4. The van der Waals surface area contributed by atoms with Crippen LogP contribution in [0.5, 0.6) is 0 Å². The molecule has 1 aliphatic heterocycles. The molecule has 7 nitrogen and oxygen atoms in total. The summed E-state index contributed by atoms with van der Waals surface area (Å²) < 4.78 is 89.7. The van der Waals surface area contributed by atoms with Crippen LogP contribution in [0.1, 0.15) is 38.5 Å². The van der Waals surface area contributed by atoms with Gasteiger partial charge in [-0.1, -0.05) is 59.7 Å². The maximum Gasteiger partial charge on any atom is 0.328 e. The van der Waals surface area contributed by atoms with Crippen LogP contribution in [0.3, 0.4) is 0 Å². The molecule has 0 N–H and O–H groups in total. The van der Waals surface area contributed by atoms with Gasteiger partial charge in [0.15, 0.2) is 15.4 Å². The van der Waals surface area contributed by atoms with Crippen molar-refractivity contribution in [3.8, 4) is 0 Å². The monoisotopic (exact) mass is 566 g/mol. The molecule has 0 saturated carbocycles. The number of hydrogen-bond donors (Lipinski definition) is 0. The molecule has 0 radical (unpaired) electrons. The van der Waals surface area contributed by atoms with E-state index in [2.05, 4.69) is 0 Å². The van der Waals surface area contributed by atoms with E-state index in [1.807, 2.05) is 0 Å². The van der Waals surface area contributed by atoms with Crippen molar-refractivity contribution < 1.29 is 30.5 Å². The van der Waals surface area contributed by atoms with Gasteiger partial charge in [-0.15, -0.1) is 0 Å². The second-order valence-electron chi connectivity index (χ2n) is 9.72. The smallest absolute Gasteiger partial charge is 0.328 e. The quantitative estimate of drug-likeness (QED) is 0.312. The molecule has 9 heteroatoms. The molecule has 1 heterocycles. The minimum absolute atomic E-state index is 0.0196. The number of sulfone groups is 1. The fraction of sp³-hybridized carbons (Fsp3) is 0.233. The van der Waals surface area contributed by atoms with Gasteiger partial charge in [-0.05, 0) is 79.0 Å². The van der Waals surface area contributed by atoms with E-state index in [-0.39, 0.29) is 20.9 Å². The van der Waals surface area contributed by atoms with Gasteiger partial charge in [0.1, 0.15) is 5.25 Å². The zero-order valence-electron chi connectivity index (χ0n) is 24.6. The molecule has 0 aromatic heterocycles. The molecule has 0 saturated heterocycles. The second kappa shape index (κ2) is 9.59. The van der Waals surface area contributed by atoms with E-state index in [9.17, 15) is 21.6 Å². The summed E-state index contributed by atoms with van der Waals surface area (Å²) in [7, 11) is -8.64. The standard InChI is InChI=1S/C30H29NO6S2/c1-20-9-13-25(14-10-20)38(33,34)28-27-18-23-8-6-5-7-22(23)17-24(27)19-31(30(28,3)29(32)37-4)39(35,36)26-15-11-21(2)12-16-26/h5-18,28H,19H2,1-4H3/t28-,30-/m1/s1/i3D3.